The van der Waals surface area contributed by atoms with Crippen molar-refractivity contribution in [2.24, 2.45) is 0 Å². The molecular weight excluding hydrogens is 264 g/mol. The first kappa shape index (κ1) is 28.0. The number of aliphatic hydroxyl groups is 3. The predicted molar refractivity (Wildman–Crippen MR) is 78.8 cm³/mol. The molecule has 7 heteroatoms. The smallest absolute Gasteiger partial charge is 0.187 e. The minimum Gasteiger partial charge on any atom is -0.870 e. The minimum atomic E-state index is -0.392. The Kier molecular flexibility index (Phi) is 19.1. The van der Waals surface area contributed by atoms with E-state index in [0.29, 0.717) is 17.6 Å². The topological polar surface area (TPSA) is 121 Å². The maximum Gasteiger partial charge on any atom is 0.187 e. The highest BCUT2D eigenvalue weighted by Gasteiger charge is 2.23. The maximum absolute atomic E-state index is 9.26. The van der Waals surface area contributed by atoms with Gasteiger partial charge in [-0.3, -0.25) is 4.48 Å². The van der Waals surface area contributed by atoms with Crippen LogP contribution < -0.4 is 0 Å². The zero-order valence-electron chi connectivity index (χ0n) is 14.0. The SMILES string of the molecule is CC[N+](C)(C)CCO.CC[N+](C)(CCO)C(C)O.[OH-].[OH-]. The summed E-state index contributed by atoms with van der Waals surface area (Å²) in [5.74, 6) is 0. The first-order valence-corrected chi connectivity index (χ1v) is 6.75. The molecule has 0 spiro atoms. The lowest BCUT2D eigenvalue weighted by atomic mass is 10.3. The Balaban J connectivity index is -0.000000119. The van der Waals surface area contributed by atoms with Crippen LogP contribution in [0, 0.1) is 0 Å². The Morgan fingerprint density at radius 3 is 1.35 bits per heavy atom. The molecule has 0 radical (unpaired) electrons. The molecule has 0 bridgehead atoms. The molecule has 0 saturated heterocycles. The molecule has 20 heavy (non-hydrogen) atoms. The standard InChI is InChI=1S/C7H18NO2.C6H16NO.2H2O/c1-4-8(3,5-6-9)7(2)10;1-4-7(2,3)5-6-8;;/h7,9-10H,4-6H2,1-3H3;8H,4-6H2,1-3H3;2*1H2/q2*+1;;/p-2. The van der Waals surface area contributed by atoms with E-state index >= 15 is 0 Å². The van der Waals surface area contributed by atoms with Crippen LogP contribution in [0.1, 0.15) is 20.8 Å². The van der Waals surface area contributed by atoms with Gasteiger partial charge in [0.05, 0.1) is 47.4 Å². The Bertz CT molecular complexity index is 203. The molecule has 0 aliphatic carbocycles. The highest BCUT2D eigenvalue weighted by Crippen LogP contribution is 2.05. The van der Waals surface area contributed by atoms with E-state index in [4.69, 9.17) is 10.2 Å². The maximum atomic E-state index is 9.26. The average Bonchev–Trinajstić information content (AvgIpc) is 2.30. The van der Waals surface area contributed by atoms with Crippen molar-refractivity contribution < 1.29 is 35.2 Å². The van der Waals surface area contributed by atoms with Gasteiger partial charge in [-0.05, 0) is 13.8 Å². The molecule has 0 amide bonds. The zero-order valence-corrected chi connectivity index (χ0v) is 14.0. The summed E-state index contributed by atoms with van der Waals surface area (Å²) in [6.07, 6.45) is -0.392. The third kappa shape index (κ3) is 12.7. The van der Waals surface area contributed by atoms with Crippen LogP contribution in [-0.4, -0.2) is 102 Å². The second kappa shape index (κ2) is 13.7. The fourth-order valence-corrected chi connectivity index (χ4v) is 1.27. The first-order valence-electron chi connectivity index (χ1n) is 6.75. The molecule has 0 aliphatic rings. The summed E-state index contributed by atoms with van der Waals surface area (Å²) in [6, 6.07) is 0. The normalized spacial score (nSPS) is 14.8. The second-order valence-electron chi connectivity index (χ2n) is 5.57. The Hall–Kier alpha value is -0.280. The second-order valence-corrected chi connectivity index (χ2v) is 5.57. The molecule has 0 heterocycles. The van der Waals surface area contributed by atoms with Gasteiger partial charge < -0.3 is 30.8 Å². The van der Waals surface area contributed by atoms with Gasteiger partial charge in [0.2, 0.25) is 0 Å². The van der Waals surface area contributed by atoms with E-state index in [1.165, 1.54) is 0 Å². The van der Waals surface area contributed by atoms with Crippen molar-refractivity contribution in [2.45, 2.75) is 27.0 Å². The number of hydrogen-bond acceptors (Lipinski definition) is 5. The van der Waals surface area contributed by atoms with E-state index in [-0.39, 0.29) is 17.6 Å². The predicted octanol–water partition coefficient (Wildman–Crippen LogP) is -0.495. The molecule has 0 rings (SSSR count). The Morgan fingerprint density at radius 2 is 1.25 bits per heavy atom. The number of rotatable bonds is 7. The van der Waals surface area contributed by atoms with E-state index in [0.717, 1.165) is 24.1 Å². The number of nitrogens with zero attached hydrogens (tertiary/aromatic N) is 2. The summed E-state index contributed by atoms with van der Waals surface area (Å²) < 4.78 is 1.44. The van der Waals surface area contributed by atoms with Gasteiger partial charge in [-0.1, -0.05) is 0 Å². The van der Waals surface area contributed by atoms with Gasteiger partial charge in [0.25, 0.3) is 0 Å². The molecular formula is C13H36N2O5. The zero-order chi connectivity index (χ0) is 14.8. The molecule has 2 unspecified atom stereocenters. The van der Waals surface area contributed by atoms with Crippen molar-refractivity contribution in [3.63, 3.8) is 0 Å². The molecule has 128 valence electrons. The summed E-state index contributed by atoms with van der Waals surface area (Å²) in [7, 11) is 6.15. The molecule has 0 fully saturated rings. The Labute approximate surface area is 123 Å². The minimum absolute atomic E-state index is 0. The van der Waals surface area contributed by atoms with Crippen molar-refractivity contribution in [3.8, 4) is 0 Å². The highest BCUT2D eigenvalue weighted by atomic mass is 16.3. The summed E-state index contributed by atoms with van der Waals surface area (Å²) in [5, 5.41) is 26.4. The van der Waals surface area contributed by atoms with Gasteiger partial charge >= 0.3 is 0 Å². The highest BCUT2D eigenvalue weighted by molar-refractivity contribution is 4.35. The lowest BCUT2D eigenvalue weighted by Crippen LogP contribution is -2.52. The van der Waals surface area contributed by atoms with E-state index in [2.05, 4.69) is 21.0 Å². The summed E-state index contributed by atoms with van der Waals surface area (Å²) in [4.78, 5) is 0. The third-order valence-electron chi connectivity index (χ3n) is 3.80. The van der Waals surface area contributed by atoms with Gasteiger partial charge in [-0.15, -0.1) is 0 Å². The molecule has 0 aliphatic heterocycles. The van der Waals surface area contributed by atoms with Crippen molar-refractivity contribution in [1.82, 2.24) is 0 Å². The van der Waals surface area contributed by atoms with Crippen molar-refractivity contribution in [1.29, 1.82) is 0 Å². The van der Waals surface area contributed by atoms with Crippen molar-refractivity contribution >= 4 is 0 Å². The van der Waals surface area contributed by atoms with E-state index < -0.39 is 6.23 Å². The fraction of sp³-hybridized carbons (Fsp3) is 1.00. The molecule has 0 aromatic rings. The van der Waals surface area contributed by atoms with Gasteiger partial charge in [0, 0.05) is 6.92 Å². The summed E-state index contributed by atoms with van der Waals surface area (Å²) in [5.41, 5.74) is 0. The molecule has 5 N–H and O–H groups in total. The van der Waals surface area contributed by atoms with Crippen LogP contribution in [0.5, 0.6) is 0 Å². The molecule has 2 atom stereocenters. The van der Waals surface area contributed by atoms with E-state index in [9.17, 15) is 5.11 Å². The monoisotopic (exact) mass is 300 g/mol. The van der Waals surface area contributed by atoms with Crippen molar-refractivity contribution in [3.05, 3.63) is 0 Å². The largest absolute Gasteiger partial charge is 0.870 e. The van der Waals surface area contributed by atoms with Gasteiger partial charge in [-0.25, -0.2) is 0 Å². The first-order chi connectivity index (χ1) is 8.19. The lowest BCUT2D eigenvalue weighted by molar-refractivity contribution is -0.950. The van der Waals surface area contributed by atoms with E-state index in [1.807, 2.05) is 14.0 Å². The number of hydrogen-bond donors (Lipinski definition) is 3. The molecule has 0 saturated carbocycles. The van der Waals surface area contributed by atoms with Crippen molar-refractivity contribution in [2.75, 3.05) is 60.5 Å². The number of likely N-dealkylation sites (N-methyl/N-ethyl adjacent to an activating group) is 2. The number of aliphatic hydroxyl groups excluding tert-OH is 3. The van der Waals surface area contributed by atoms with Crippen LogP contribution >= 0.6 is 0 Å². The molecule has 0 aromatic carbocycles. The Morgan fingerprint density at radius 1 is 0.850 bits per heavy atom. The van der Waals surface area contributed by atoms with Crippen LogP contribution in [0.3, 0.4) is 0 Å². The van der Waals surface area contributed by atoms with Gasteiger partial charge in [0.15, 0.2) is 6.23 Å². The average molecular weight is 300 g/mol. The third-order valence-corrected chi connectivity index (χ3v) is 3.80. The van der Waals surface area contributed by atoms with Gasteiger partial charge in [-0.2, -0.15) is 0 Å². The van der Waals surface area contributed by atoms with Crippen LogP contribution in [0.2, 0.25) is 0 Å². The fourth-order valence-electron chi connectivity index (χ4n) is 1.27. The number of quaternary nitrogens is 2. The summed E-state index contributed by atoms with van der Waals surface area (Å²) >= 11 is 0. The van der Waals surface area contributed by atoms with Crippen LogP contribution in [-0.2, 0) is 0 Å². The van der Waals surface area contributed by atoms with Crippen LogP contribution in [0.15, 0.2) is 0 Å². The quantitative estimate of drug-likeness (QED) is 0.432. The van der Waals surface area contributed by atoms with Crippen LogP contribution in [0.4, 0.5) is 0 Å². The molecule has 7 nitrogen and oxygen atoms in total. The van der Waals surface area contributed by atoms with E-state index in [1.54, 1.807) is 6.92 Å². The molecule has 0 aromatic heterocycles. The van der Waals surface area contributed by atoms with Crippen LogP contribution in [0.25, 0.3) is 0 Å². The van der Waals surface area contributed by atoms with Gasteiger partial charge in [0.1, 0.15) is 13.1 Å². The summed E-state index contributed by atoms with van der Waals surface area (Å²) in [6.45, 7) is 9.71. The lowest BCUT2D eigenvalue weighted by Gasteiger charge is -2.35.